The molecule has 0 unspecified atom stereocenters. The lowest BCUT2D eigenvalue weighted by atomic mass is 10.0. The molecular weight excluding hydrogens is 436 g/mol. The number of halogens is 2. The molecule has 172 valence electrons. The Labute approximate surface area is 196 Å². The monoisotopic (exact) mass is 459 g/mol. The number of hydrogen-bond acceptors (Lipinski definition) is 4. The van der Waals surface area contributed by atoms with E-state index in [-0.39, 0.29) is 17.0 Å². The highest BCUT2D eigenvalue weighted by Crippen LogP contribution is 2.35. The largest absolute Gasteiger partial charge is 0.372 e. The van der Waals surface area contributed by atoms with Crippen LogP contribution in [0.2, 0.25) is 0 Å². The number of nitrogens with one attached hydrogen (secondary N) is 1. The lowest BCUT2D eigenvalue weighted by Crippen LogP contribution is -2.32. The molecule has 0 spiro atoms. The van der Waals surface area contributed by atoms with Crippen LogP contribution in [-0.4, -0.2) is 24.9 Å². The van der Waals surface area contributed by atoms with Crippen molar-refractivity contribution in [2.45, 2.75) is 19.8 Å². The van der Waals surface area contributed by atoms with Crippen molar-refractivity contribution >= 4 is 34.4 Å². The molecule has 3 aromatic carbocycles. The summed E-state index contributed by atoms with van der Waals surface area (Å²) in [5.41, 5.74) is 3.43. The highest BCUT2D eigenvalue weighted by molar-refractivity contribution is 6.46. The first-order valence-corrected chi connectivity index (χ1v) is 11.2. The van der Waals surface area contributed by atoms with Crippen molar-refractivity contribution in [1.82, 2.24) is 0 Å². The molecule has 2 aliphatic rings. The first-order chi connectivity index (χ1) is 16.4. The van der Waals surface area contributed by atoms with E-state index in [1.165, 1.54) is 6.07 Å². The molecule has 0 saturated carbocycles. The fourth-order valence-corrected chi connectivity index (χ4v) is 4.37. The van der Waals surface area contributed by atoms with Crippen LogP contribution in [0.25, 0.3) is 5.57 Å². The lowest BCUT2D eigenvalue weighted by molar-refractivity contribution is -0.120. The zero-order valence-electron chi connectivity index (χ0n) is 18.6. The van der Waals surface area contributed by atoms with Crippen LogP contribution in [0.4, 0.5) is 25.8 Å². The Balaban J connectivity index is 1.52. The standard InChI is InChI=1S/C27H23F2N3O2/c1-17-4-6-18(7-5-17)24-25(30-19-8-13-22(28)23(29)16-19)27(34)32(26(24)33)21-11-9-20(10-12-21)31-14-2-3-15-31/h4-13,16,30H,2-3,14-15H2,1H3. The Morgan fingerprint density at radius 3 is 2.06 bits per heavy atom. The van der Waals surface area contributed by atoms with E-state index in [1.807, 2.05) is 31.2 Å². The fourth-order valence-electron chi connectivity index (χ4n) is 4.37. The molecule has 2 aliphatic heterocycles. The van der Waals surface area contributed by atoms with Crippen molar-refractivity contribution in [3.63, 3.8) is 0 Å². The normalized spacial score (nSPS) is 16.1. The van der Waals surface area contributed by atoms with Crippen LogP contribution in [0.5, 0.6) is 0 Å². The molecule has 5 rings (SSSR count). The average Bonchev–Trinajstić information content (AvgIpc) is 3.45. The van der Waals surface area contributed by atoms with Gasteiger partial charge in [-0.3, -0.25) is 9.59 Å². The van der Waals surface area contributed by atoms with E-state index in [2.05, 4.69) is 10.2 Å². The van der Waals surface area contributed by atoms with Gasteiger partial charge in [-0.2, -0.15) is 0 Å². The van der Waals surface area contributed by atoms with Crippen molar-refractivity contribution in [3.8, 4) is 0 Å². The Morgan fingerprint density at radius 1 is 0.765 bits per heavy atom. The Morgan fingerprint density at radius 2 is 1.41 bits per heavy atom. The van der Waals surface area contributed by atoms with E-state index in [0.29, 0.717) is 11.3 Å². The maximum atomic E-state index is 13.8. The summed E-state index contributed by atoms with van der Waals surface area (Å²) in [6.07, 6.45) is 2.29. The number of carbonyl (C=O) groups excluding carboxylic acids is 2. The Hall–Kier alpha value is -4.00. The van der Waals surface area contributed by atoms with Gasteiger partial charge in [0.2, 0.25) is 0 Å². The minimum Gasteiger partial charge on any atom is -0.372 e. The number of carbonyl (C=O) groups is 2. The zero-order chi connectivity index (χ0) is 23.8. The molecule has 7 heteroatoms. The summed E-state index contributed by atoms with van der Waals surface area (Å²) < 4.78 is 27.2. The summed E-state index contributed by atoms with van der Waals surface area (Å²) in [6, 6.07) is 17.8. The van der Waals surface area contributed by atoms with Crippen LogP contribution < -0.4 is 15.1 Å². The van der Waals surface area contributed by atoms with E-state index in [4.69, 9.17) is 0 Å². The number of aryl methyl sites for hydroxylation is 1. The van der Waals surface area contributed by atoms with Crippen LogP contribution in [0.15, 0.2) is 72.4 Å². The Kier molecular flexibility index (Phi) is 5.61. The molecule has 1 saturated heterocycles. The quantitative estimate of drug-likeness (QED) is 0.528. The van der Waals surface area contributed by atoms with Crippen molar-refractivity contribution in [1.29, 1.82) is 0 Å². The van der Waals surface area contributed by atoms with E-state index < -0.39 is 23.4 Å². The first-order valence-electron chi connectivity index (χ1n) is 11.2. The predicted molar refractivity (Wildman–Crippen MR) is 128 cm³/mol. The Bertz CT molecular complexity index is 1290. The van der Waals surface area contributed by atoms with Gasteiger partial charge in [-0.1, -0.05) is 29.8 Å². The molecule has 1 fully saturated rings. The molecule has 5 nitrogen and oxygen atoms in total. The van der Waals surface area contributed by atoms with Crippen molar-refractivity contribution in [3.05, 3.63) is 95.2 Å². The summed E-state index contributed by atoms with van der Waals surface area (Å²) in [4.78, 5) is 30.4. The smallest absolute Gasteiger partial charge is 0.282 e. The maximum Gasteiger partial charge on any atom is 0.282 e. The van der Waals surface area contributed by atoms with Crippen LogP contribution >= 0.6 is 0 Å². The summed E-state index contributed by atoms with van der Waals surface area (Å²) in [5, 5.41) is 2.86. The van der Waals surface area contributed by atoms with Crippen LogP contribution in [0.1, 0.15) is 24.0 Å². The van der Waals surface area contributed by atoms with Crippen molar-refractivity contribution in [2.75, 3.05) is 28.2 Å². The van der Waals surface area contributed by atoms with E-state index >= 15 is 0 Å². The second kappa shape index (κ2) is 8.74. The van der Waals surface area contributed by atoms with Gasteiger partial charge in [0.25, 0.3) is 11.8 Å². The highest BCUT2D eigenvalue weighted by Gasteiger charge is 2.40. The number of anilines is 3. The number of amides is 2. The molecule has 0 aliphatic carbocycles. The molecule has 0 radical (unpaired) electrons. The van der Waals surface area contributed by atoms with Crippen LogP contribution in [-0.2, 0) is 9.59 Å². The molecule has 1 N–H and O–H groups in total. The fraction of sp³-hybridized carbons (Fsp3) is 0.185. The molecule has 0 atom stereocenters. The topological polar surface area (TPSA) is 52.7 Å². The SMILES string of the molecule is Cc1ccc(C2=C(Nc3ccc(F)c(F)c3)C(=O)N(c3ccc(N4CCCC4)cc3)C2=O)cc1. The van der Waals surface area contributed by atoms with Gasteiger partial charge in [0.15, 0.2) is 11.6 Å². The second-order valence-electron chi connectivity index (χ2n) is 8.53. The van der Waals surface area contributed by atoms with Crippen molar-refractivity contribution in [2.24, 2.45) is 0 Å². The van der Waals surface area contributed by atoms with Gasteiger partial charge in [0.05, 0.1) is 11.3 Å². The lowest BCUT2D eigenvalue weighted by Gasteiger charge is -2.20. The highest BCUT2D eigenvalue weighted by atomic mass is 19.2. The number of imide groups is 1. The van der Waals surface area contributed by atoms with Gasteiger partial charge < -0.3 is 10.2 Å². The van der Waals surface area contributed by atoms with Gasteiger partial charge in [0.1, 0.15) is 5.70 Å². The molecule has 3 aromatic rings. The maximum absolute atomic E-state index is 13.8. The zero-order valence-corrected chi connectivity index (χ0v) is 18.6. The minimum absolute atomic E-state index is 0.0171. The van der Waals surface area contributed by atoms with E-state index in [9.17, 15) is 18.4 Å². The van der Waals surface area contributed by atoms with Crippen LogP contribution in [0, 0.1) is 18.6 Å². The number of nitrogens with zero attached hydrogens (tertiary/aromatic N) is 2. The number of hydrogen-bond donors (Lipinski definition) is 1. The number of rotatable bonds is 5. The van der Waals surface area contributed by atoms with Gasteiger partial charge in [0, 0.05) is 30.5 Å². The summed E-state index contributed by atoms with van der Waals surface area (Å²) in [5.74, 6) is -3.08. The van der Waals surface area contributed by atoms with E-state index in [0.717, 1.165) is 54.2 Å². The van der Waals surface area contributed by atoms with Gasteiger partial charge in [-0.05, 0) is 61.7 Å². The molecular formula is C27H23F2N3O2. The second-order valence-corrected chi connectivity index (χ2v) is 8.53. The van der Waals surface area contributed by atoms with Crippen molar-refractivity contribution < 1.29 is 18.4 Å². The molecule has 2 amide bonds. The van der Waals surface area contributed by atoms with E-state index in [1.54, 1.807) is 24.3 Å². The summed E-state index contributed by atoms with van der Waals surface area (Å²) in [7, 11) is 0. The molecule has 2 heterocycles. The third-order valence-corrected chi connectivity index (χ3v) is 6.19. The van der Waals surface area contributed by atoms with Gasteiger partial charge in [-0.15, -0.1) is 0 Å². The number of benzene rings is 3. The van der Waals surface area contributed by atoms with Gasteiger partial charge >= 0.3 is 0 Å². The van der Waals surface area contributed by atoms with Gasteiger partial charge in [-0.25, -0.2) is 13.7 Å². The summed E-state index contributed by atoms with van der Waals surface area (Å²) in [6.45, 7) is 3.90. The molecule has 0 aromatic heterocycles. The third kappa shape index (κ3) is 3.94. The summed E-state index contributed by atoms with van der Waals surface area (Å²) >= 11 is 0. The third-order valence-electron chi connectivity index (χ3n) is 6.19. The predicted octanol–water partition coefficient (Wildman–Crippen LogP) is 5.27. The minimum atomic E-state index is -1.05. The molecule has 0 bridgehead atoms. The average molecular weight is 459 g/mol. The van der Waals surface area contributed by atoms with Crippen LogP contribution in [0.3, 0.4) is 0 Å². The molecule has 34 heavy (non-hydrogen) atoms. The first kappa shape index (κ1) is 21.8.